The second-order valence-electron chi connectivity index (χ2n) is 5.44. The molecule has 21 heavy (non-hydrogen) atoms. The predicted octanol–water partition coefficient (Wildman–Crippen LogP) is 3.32. The molecular weight excluding hydrogens is 381 g/mol. The molecule has 5 nitrogen and oxygen atoms in total. The van der Waals surface area contributed by atoms with Crippen molar-refractivity contribution in [1.82, 2.24) is 0 Å². The van der Waals surface area contributed by atoms with Crippen LogP contribution in [0, 0.1) is 8.99 Å². The summed E-state index contributed by atoms with van der Waals surface area (Å²) >= 11 is 2.21. The Morgan fingerprint density at radius 1 is 1.19 bits per heavy atom. The van der Waals surface area contributed by atoms with Crippen LogP contribution in [0.15, 0.2) is 29.4 Å². The van der Waals surface area contributed by atoms with Crippen LogP contribution in [0.3, 0.4) is 0 Å². The molecule has 6 heteroatoms. The molecule has 1 fully saturated rings. The van der Waals surface area contributed by atoms with Crippen molar-refractivity contribution in [2.45, 2.75) is 38.5 Å². The van der Waals surface area contributed by atoms with Crippen LogP contribution in [0.1, 0.15) is 38.5 Å². The molecule has 0 unspecified atom stereocenters. The monoisotopic (exact) mass is 401 g/mol. The molecule has 0 aliphatic heterocycles. The summed E-state index contributed by atoms with van der Waals surface area (Å²) < 4.78 is 1.10. The largest absolute Gasteiger partial charge is 0.409 e. The van der Waals surface area contributed by atoms with Crippen LogP contribution in [-0.4, -0.2) is 17.0 Å². The van der Waals surface area contributed by atoms with Crippen molar-refractivity contribution in [1.29, 1.82) is 0 Å². The highest BCUT2D eigenvalue weighted by Crippen LogP contribution is 2.36. The Bertz CT molecular complexity index is 520. The van der Waals surface area contributed by atoms with E-state index in [4.69, 9.17) is 10.9 Å². The summed E-state index contributed by atoms with van der Waals surface area (Å²) in [6.45, 7) is 0. The van der Waals surface area contributed by atoms with Gasteiger partial charge in [0, 0.05) is 9.26 Å². The molecule has 4 N–H and O–H groups in total. The van der Waals surface area contributed by atoms with Gasteiger partial charge in [0.2, 0.25) is 5.91 Å². The Kier molecular flexibility index (Phi) is 5.44. The zero-order chi connectivity index (χ0) is 15.3. The minimum atomic E-state index is -0.895. The van der Waals surface area contributed by atoms with Gasteiger partial charge in [0.1, 0.15) is 5.41 Å². The first kappa shape index (κ1) is 16.1. The summed E-state index contributed by atoms with van der Waals surface area (Å²) in [5.74, 6) is -0.159. The number of rotatable bonds is 3. The van der Waals surface area contributed by atoms with E-state index in [0.717, 1.165) is 34.9 Å². The van der Waals surface area contributed by atoms with Crippen LogP contribution in [0.4, 0.5) is 5.69 Å². The number of carbonyl (C=O) groups excluding carboxylic acids is 1. The third-order valence-corrected chi connectivity index (χ3v) is 4.81. The average molecular weight is 401 g/mol. The van der Waals surface area contributed by atoms with Crippen molar-refractivity contribution in [3.63, 3.8) is 0 Å². The minimum absolute atomic E-state index is 0.0208. The van der Waals surface area contributed by atoms with Crippen molar-refractivity contribution >= 4 is 40.0 Å². The van der Waals surface area contributed by atoms with Gasteiger partial charge < -0.3 is 16.3 Å². The lowest BCUT2D eigenvalue weighted by molar-refractivity contribution is -0.123. The number of halogens is 1. The molecule has 0 spiro atoms. The van der Waals surface area contributed by atoms with Gasteiger partial charge in [-0.25, -0.2) is 0 Å². The Morgan fingerprint density at radius 3 is 2.29 bits per heavy atom. The third-order valence-electron chi connectivity index (χ3n) is 4.09. The van der Waals surface area contributed by atoms with Crippen LogP contribution in [0.5, 0.6) is 0 Å². The predicted molar refractivity (Wildman–Crippen MR) is 91.3 cm³/mol. The number of oxime groups is 1. The van der Waals surface area contributed by atoms with Crippen molar-refractivity contribution in [2.24, 2.45) is 16.3 Å². The van der Waals surface area contributed by atoms with Crippen molar-refractivity contribution in [3.05, 3.63) is 27.8 Å². The van der Waals surface area contributed by atoms with E-state index in [1.54, 1.807) is 0 Å². The first-order valence-corrected chi connectivity index (χ1v) is 8.21. The quantitative estimate of drug-likeness (QED) is 0.181. The van der Waals surface area contributed by atoms with E-state index in [1.165, 1.54) is 0 Å². The van der Waals surface area contributed by atoms with E-state index < -0.39 is 5.41 Å². The maximum absolute atomic E-state index is 12.7. The molecule has 1 aromatic rings. The number of benzene rings is 1. The fraction of sp³-hybridized carbons (Fsp3) is 0.467. The molecule has 114 valence electrons. The molecule has 0 atom stereocenters. The standard InChI is InChI=1S/C15H20IN3O2/c16-11-5-7-12(8-6-11)18-14(20)15(13(17)19-21)9-3-1-2-4-10-15/h5-8,21H,1-4,9-10H2,(H2,17,19)(H,18,20). The number of hydrogen-bond donors (Lipinski definition) is 3. The highest BCUT2D eigenvalue weighted by Gasteiger charge is 2.43. The summed E-state index contributed by atoms with van der Waals surface area (Å²) in [5.41, 5.74) is 5.71. The van der Waals surface area contributed by atoms with Gasteiger partial charge in [-0.1, -0.05) is 30.8 Å². The number of carbonyl (C=O) groups is 1. The van der Waals surface area contributed by atoms with Gasteiger partial charge in [0.15, 0.2) is 5.84 Å². The highest BCUT2D eigenvalue weighted by molar-refractivity contribution is 14.1. The van der Waals surface area contributed by atoms with E-state index >= 15 is 0 Å². The topological polar surface area (TPSA) is 87.7 Å². The van der Waals surface area contributed by atoms with Gasteiger partial charge >= 0.3 is 0 Å². The molecule has 0 aromatic heterocycles. The van der Waals surface area contributed by atoms with Crippen LogP contribution < -0.4 is 11.1 Å². The van der Waals surface area contributed by atoms with E-state index in [0.29, 0.717) is 12.8 Å². The van der Waals surface area contributed by atoms with Crippen molar-refractivity contribution in [3.8, 4) is 0 Å². The van der Waals surface area contributed by atoms with E-state index in [-0.39, 0.29) is 11.7 Å². The van der Waals surface area contributed by atoms with Gasteiger partial charge in [-0.2, -0.15) is 0 Å². The number of hydrogen-bond acceptors (Lipinski definition) is 3. The molecule has 2 rings (SSSR count). The Balaban J connectivity index is 2.23. The summed E-state index contributed by atoms with van der Waals surface area (Å²) in [4.78, 5) is 12.7. The highest BCUT2D eigenvalue weighted by atomic mass is 127. The van der Waals surface area contributed by atoms with Crippen molar-refractivity contribution < 1.29 is 10.0 Å². The average Bonchev–Trinajstić information content (AvgIpc) is 2.75. The number of anilines is 1. The number of nitrogens with two attached hydrogens (primary N) is 1. The minimum Gasteiger partial charge on any atom is -0.409 e. The number of nitrogens with one attached hydrogen (secondary N) is 1. The lowest BCUT2D eigenvalue weighted by Crippen LogP contribution is -2.46. The van der Waals surface area contributed by atoms with Gasteiger partial charge in [-0.15, -0.1) is 0 Å². The molecule has 0 radical (unpaired) electrons. The molecule has 1 saturated carbocycles. The molecule has 1 aliphatic carbocycles. The number of amides is 1. The summed E-state index contributed by atoms with van der Waals surface area (Å²) in [6.07, 6.45) is 5.24. The third kappa shape index (κ3) is 3.66. The molecular formula is C15H20IN3O2. The lowest BCUT2D eigenvalue weighted by Gasteiger charge is -2.29. The van der Waals surface area contributed by atoms with Crippen LogP contribution in [-0.2, 0) is 4.79 Å². The Labute approximate surface area is 138 Å². The number of amidine groups is 1. The van der Waals surface area contributed by atoms with Gasteiger partial charge in [0.05, 0.1) is 0 Å². The van der Waals surface area contributed by atoms with Gasteiger partial charge in [-0.3, -0.25) is 4.79 Å². The summed E-state index contributed by atoms with van der Waals surface area (Å²) in [5, 5.41) is 15.1. The molecule has 1 aliphatic rings. The Morgan fingerprint density at radius 2 is 1.76 bits per heavy atom. The fourth-order valence-electron chi connectivity index (χ4n) is 2.81. The van der Waals surface area contributed by atoms with Crippen LogP contribution in [0.2, 0.25) is 0 Å². The maximum Gasteiger partial charge on any atom is 0.238 e. The smallest absolute Gasteiger partial charge is 0.238 e. The second-order valence-corrected chi connectivity index (χ2v) is 6.69. The van der Waals surface area contributed by atoms with Gasteiger partial charge in [0.25, 0.3) is 0 Å². The maximum atomic E-state index is 12.7. The SMILES string of the molecule is NC(=NO)C1(C(=O)Nc2ccc(I)cc2)CCCCCC1. The normalized spacial score (nSPS) is 18.8. The van der Waals surface area contributed by atoms with Crippen LogP contribution >= 0.6 is 22.6 Å². The second kappa shape index (κ2) is 7.11. The molecule has 1 aromatic carbocycles. The Hall–Kier alpha value is -1.31. The first-order chi connectivity index (χ1) is 10.1. The molecule has 0 bridgehead atoms. The zero-order valence-corrected chi connectivity index (χ0v) is 14.0. The van der Waals surface area contributed by atoms with E-state index in [1.807, 2.05) is 24.3 Å². The van der Waals surface area contributed by atoms with E-state index in [2.05, 4.69) is 33.1 Å². The summed E-state index contributed by atoms with van der Waals surface area (Å²) in [6, 6.07) is 7.57. The van der Waals surface area contributed by atoms with E-state index in [9.17, 15) is 4.79 Å². The van der Waals surface area contributed by atoms with Crippen molar-refractivity contribution in [2.75, 3.05) is 5.32 Å². The zero-order valence-electron chi connectivity index (χ0n) is 11.8. The molecule has 0 heterocycles. The number of nitrogens with zero attached hydrogens (tertiary/aromatic N) is 1. The van der Waals surface area contributed by atoms with Crippen LogP contribution in [0.25, 0.3) is 0 Å². The van der Waals surface area contributed by atoms with Gasteiger partial charge in [-0.05, 0) is 59.7 Å². The fourth-order valence-corrected chi connectivity index (χ4v) is 3.17. The summed E-state index contributed by atoms with van der Waals surface area (Å²) in [7, 11) is 0. The molecule has 0 saturated heterocycles. The lowest BCUT2D eigenvalue weighted by atomic mass is 9.78. The first-order valence-electron chi connectivity index (χ1n) is 7.13. The molecule has 1 amide bonds.